The highest BCUT2D eigenvalue weighted by Crippen LogP contribution is 2.27. The minimum Gasteiger partial charge on any atom is -0.345 e. The van der Waals surface area contributed by atoms with E-state index in [1.165, 1.54) is 29.4 Å². The number of carbonyl (C=O) groups is 1. The first-order valence-electron chi connectivity index (χ1n) is 9.74. The van der Waals surface area contributed by atoms with Crippen LogP contribution in [0.1, 0.15) is 46.4 Å². The molecule has 0 radical (unpaired) electrons. The maximum Gasteiger partial charge on any atom is 0.268 e. The Labute approximate surface area is 182 Å². The number of sulfonamides is 1. The predicted molar refractivity (Wildman–Crippen MR) is 120 cm³/mol. The molecule has 0 bridgehead atoms. The summed E-state index contributed by atoms with van der Waals surface area (Å²) in [5, 5.41) is 5.05. The van der Waals surface area contributed by atoms with Crippen molar-refractivity contribution in [1.82, 2.24) is 14.6 Å². The molecule has 1 unspecified atom stereocenters. The van der Waals surface area contributed by atoms with Gasteiger partial charge in [0, 0.05) is 18.1 Å². The van der Waals surface area contributed by atoms with E-state index in [-0.39, 0.29) is 22.5 Å². The molecule has 1 aromatic carbocycles. The van der Waals surface area contributed by atoms with Crippen molar-refractivity contribution in [3.8, 4) is 0 Å². The van der Waals surface area contributed by atoms with Crippen LogP contribution in [-0.4, -0.2) is 25.9 Å². The van der Waals surface area contributed by atoms with Gasteiger partial charge in [0.15, 0.2) is 0 Å². The molecular weight excluding hydrogens is 418 g/mol. The zero-order chi connectivity index (χ0) is 21.9. The largest absolute Gasteiger partial charge is 0.345 e. The Morgan fingerprint density at radius 2 is 1.87 bits per heavy atom. The maximum absolute atomic E-state index is 13.0. The third kappa shape index (κ3) is 5.00. The average Bonchev–Trinajstić information content (AvgIpc) is 3.36. The monoisotopic (exact) mass is 445 g/mol. The molecule has 8 heteroatoms. The van der Waals surface area contributed by atoms with Crippen LogP contribution in [0, 0.1) is 5.92 Å². The summed E-state index contributed by atoms with van der Waals surface area (Å²) in [5.41, 5.74) is 2.52. The van der Waals surface area contributed by atoms with E-state index in [1.807, 2.05) is 29.6 Å². The molecule has 0 saturated carbocycles. The second-order valence-electron chi connectivity index (χ2n) is 7.64. The lowest BCUT2D eigenvalue weighted by molar-refractivity contribution is 0.0935. The summed E-state index contributed by atoms with van der Waals surface area (Å²) in [5.74, 6) is 0.240. The minimum absolute atomic E-state index is 0.0587. The molecule has 1 amide bonds. The second-order valence-corrected chi connectivity index (χ2v) is 10.5. The standard InChI is InChI=1S/C22H27N3O3S2/c1-15(2)12-16-7-9-17(10-8-16)21(20-6-5-11-29-20)24-22(26)19-13-18(14-25(19)4)30(27,28)23-3/h5-11,13-15,21,23H,12H2,1-4H3,(H,24,26). The zero-order valence-electron chi connectivity index (χ0n) is 17.5. The van der Waals surface area contributed by atoms with Crippen molar-refractivity contribution < 1.29 is 13.2 Å². The van der Waals surface area contributed by atoms with Crippen LogP contribution in [0.5, 0.6) is 0 Å². The molecule has 3 aromatic rings. The number of amides is 1. The Hall–Kier alpha value is -2.42. The first kappa shape index (κ1) is 22.3. The second kappa shape index (κ2) is 9.16. The van der Waals surface area contributed by atoms with Gasteiger partial charge in [0.05, 0.1) is 6.04 Å². The number of thiophene rings is 1. The fourth-order valence-electron chi connectivity index (χ4n) is 3.32. The molecule has 160 valence electrons. The van der Waals surface area contributed by atoms with Gasteiger partial charge in [-0.25, -0.2) is 13.1 Å². The molecule has 3 rings (SSSR count). The smallest absolute Gasteiger partial charge is 0.268 e. The highest BCUT2D eigenvalue weighted by Gasteiger charge is 2.23. The fourth-order valence-corrected chi connectivity index (χ4v) is 4.92. The molecule has 0 fully saturated rings. The van der Waals surface area contributed by atoms with Crippen molar-refractivity contribution in [3.63, 3.8) is 0 Å². The van der Waals surface area contributed by atoms with E-state index < -0.39 is 10.0 Å². The van der Waals surface area contributed by atoms with Crippen molar-refractivity contribution in [3.05, 3.63) is 75.7 Å². The van der Waals surface area contributed by atoms with Crippen molar-refractivity contribution in [2.45, 2.75) is 31.2 Å². The number of aromatic nitrogens is 1. The van der Waals surface area contributed by atoms with Gasteiger partial charge in [0.2, 0.25) is 10.0 Å². The summed E-state index contributed by atoms with van der Waals surface area (Å²) in [6, 6.07) is 13.3. The number of nitrogens with zero attached hydrogens (tertiary/aromatic N) is 1. The Morgan fingerprint density at radius 3 is 2.43 bits per heavy atom. The minimum atomic E-state index is -3.62. The number of hydrogen-bond acceptors (Lipinski definition) is 4. The first-order valence-corrected chi connectivity index (χ1v) is 12.1. The molecule has 0 aliphatic carbocycles. The quantitative estimate of drug-likeness (QED) is 0.555. The van der Waals surface area contributed by atoms with E-state index in [4.69, 9.17) is 0 Å². The van der Waals surface area contributed by atoms with Crippen LogP contribution in [0.3, 0.4) is 0 Å². The molecule has 0 saturated heterocycles. The van der Waals surface area contributed by atoms with Gasteiger partial charge in [-0.1, -0.05) is 44.2 Å². The van der Waals surface area contributed by atoms with Crippen LogP contribution in [0.4, 0.5) is 0 Å². The summed E-state index contributed by atoms with van der Waals surface area (Å²) in [4.78, 5) is 14.1. The molecule has 0 aliphatic rings. The van der Waals surface area contributed by atoms with Gasteiger partial charge in [-0.2, -0.15) is 0 Å². The predicted octanol–water partition coefficient (Wildman–Crippen LogP) is 3.71. The van der Waals surface area contributed by atoms with Gasteiger partial charge in [0.1, 0.15) is 10.6 Å². The highest BCUT2D eigenvalue weighted by atomic mass is 32.2. The summed E-state index contributed by atoms with van der Waals surface area (Å²) in [6.45, 7) is 4.37. The molecule has 1 atom stereocenters. The average molecular weight is 446 g/mol. The number of hydrogen-bond donors (Lipinski definition) is 2. The van der Waals surface area contributed by atoms with Crippen LogP contribution >= 0.6 is 11.3 Å². The molecular formula is C22H27N3O3S2. The summed E-state index contributed by atoms with van der Waals surface area (Å²) in [6.07, 6.45) is 2.43. The summed E-state index contributed by atoms with van der Waals surface area (Å²) >= 11 is 1.57. The molecule has 0 spiro atoms. The normalized spacial score (nSPS) is 12.8. The van der Waals surface area contributed by atoms with Crippen molar-refractivity contribution in [2.24, 2.45) is 13.0 Å². The van der Waals surface area contributed by atoms with E-state index in [0.717, 1.165) is 16.9 Å². The number of benzene rings is 1. The van der Waals surface area contributed by atoms with Gasteiger partial charge in [-0.15, -0.1) is 11.3 Å². The lowest BCUT2D eigenvalue weighted by Gasteiger charge is -2.19. The van der Waals surface area contributed by atoms with Crippen LogP contribution in [0.25, 0.3) is 0 Å². The Kier molecular flexibility index (Phi) is 6.80. The summed E-state index contributed by atoms with van der Waals surface area (Å²) < 4.78 is 27.9. The summed E-state index contributed by atoms with van der Waals surface area (Å²) in [7, 11) is -0.619. The van der Waals surface area contributed by atoms with Crippen LogP contribution < -0.4 is 10.0 Å². The van der Waals surface area contributed by atoms with E-state index >= 15 is 0 Å². The van der Waals surface area contributed by atoms with Crippen LogP contribution in [0.2, 0.25) is 0 Å². The van der Waals surface area contributed by atoms with E-state index in [1.54, 1.807) is 18.4 Å². The van der Waals surface area contributed by atoms with Crippen LogP contribution in [-0.2, 0) is 23.5 Å². The van der Waals surface area contributed by atoms with Gasteiger partial charge in [-0.05, 0) is 48.0 Å². The van der Waals surface area contributed by atoms with E-state index in [0.29, 0.717) is 5.92 Å². The molecule has 2 heterocycles. The Bertz CT molecular complexity index is 1100. The van der Waals surface area contributed by atoms with Gasteiger partial charge >= 0.3 is 0 Å². The lowest BCUT2D eigenvalue weighted by atomic mass is 9.98. The molecule has 2 aromatic heterocycles. The highest BCUT2D eigenvalue weighted by molar-refractivity contribution is 7.89. The van der Waals surface area contributed by atoms with Gasteiger partial charge in [0.25, 0.3) is 5.91 Å². The van der Waals surface area contributed by atoms with Crippen molar-refractivity contribution >= 4 is 27.3 Å². The SMILES string of the molecule is CNS(=O)(=O)c1cc(C(=O)NC(c2ccc(CC(C)C)cc2)c2cccs2)n(C)c1. The van der Waals surface area contributed by atoms with Crippen molar-refractivity contribution in [2.75, 3.05) is 7.05 Å². The third-order valence-electron chi connectivity index (χ3n) is 4.85. The number of aryl methyl sites for hydroxylation is 1. The van der Waals surface area contributed by atoms with Crippen molar-refractivity contribution in [1.29, 1.82) is 0 Å². The number of carbonyl (C=O) groups excluding carboxylic acids is 1. The van der Waals surface area contributed by atoms with E-state index in [2.05, 4.69) is 36.0 Å². The Balaban J connectivity index is 1.89. The maximum atomic E-state index is 13.0. The third-order valence-corrected chi connectivity index (χ3v) is 7.17. The Morgan fingerprint density at radius 1 is 1.17 bits per heavy atom. The van der Waals surface area contributed by atoms with E-state index in [9.17, 15) is 13.2 Å². The van der Waals surface area contributed by atoms with Crippen LogP contribution in [0.15, 0.2) is 58.9 Å². The fraction of sp³-hybridized carbons (Fsp3) is 0.318. The number of nitrogens with one attached hydrogen (secondary N) is 2. The number of rotatable bonds is 8. The molecule has 0 aliphatic heterocycles. The first-order chi connectivity index (χ1) is 14.2. The zero-order valence-corrected chi connectivity index (χ0v) is 19.2. The van der Waals surface area contributed by atoms with Gasteiger partial charge < -0.3 is 9.88 Å². The lowest BCUT2D eigenvalue weighted by Crippen LogP contribution is -2.30. The molecule has 2 N–H and O–H groups in total. The van der Waals surface area contributed by atoms with Gasteiger partial charge in [-0.3, -0.25) is 4.79 Å². The topological polar surface area (TPSA) is 80.2 Å². The molecule has 30 heavy (non-hydrogen) atoms. The molecule has 6 nitrogen and oxygen atoms in total.